The second-order valence-electron chi connectivity index (χ2n) is 21.3. The molecule has 2 fully saturated rings. The van der Waals surface area contributed by atoms with Crippen LogP contribution in [0.3, 0.4) is 0 Å². The van der Waals surface area contributed by atoms with E-state index in [-0.39, 0.29) is 26.1 Å². The topological polar surface area (TPSA) is 231 Å². The molecule has 0 aromatic carbocycles. The van der Waals surface area contributed by atoms with Crippen LogP contribution in [0.15, 0.2) is 17.9 Å². The molecule has 0 aromatic heterocycles. The molecule has 4 unspecified atom stereocenters. The molecule has 0 amide bonds. The Balaban J connectivity index is 1.73. The summed E-state index contributed by atoms with van der Waals surface area (Å²) in [7, 11) is 0. The van der Waals surface area contributed by atoms with E-state index in [9.17, 15) is 45.3 Å². The molecule has 2 aliphatic rings. The first-order chi connectivity index (χ1) is 36.0. The minimum Gasteiger partial charge on any atom is -0.462 e. The molecule has 15 heteroatoms. The third-order valence-electron chi connectivity index (χ3n) is 14.5. The van der Waals surface area contributed by atoms with Crippen LogP contribution in [-0.4, -0.2) is 142 Å². The van der Waals surface area contributed by atoms with E-state index in [2.05, 4.69) is 31.7 Å². The summed E-state index contributed by atoms with van der Waals surface area (Å²) in [6.07, 6.45) is 30.2. The third kappa shape index (κ3) is 32.7. The van der Waals surface area contributed by atoms with Crippen molar-refractivity contribution >= 4 is 11.9 Å². The van der Waals surface area contributed by atoms with Gasteiger partial charge in [-0.3, -0.25) is 9.59 Å². The van der Waals surface area contributed by atoms with E-state index in [1.54, 1.807) is 0 Å². The first-order valence-corrected chi connectivity index (χ1v) is 30.0. The number of allylic oxidation sites excluding steroid dienone is 1. The molecule has 11 atom stereocenters. The number of carbonyl (C=O) groups is 2. The van der Waals surface area contributed by atoms with Crippen molar-refractivity contribution in [3.63, 3.8) is 0 Å². The van der Waals surface area contributed by atoms with Crippen molar-refractivity contribution in [2.45, 2.75) is 319 Å². The fraction of sp³-hybridized carbons (Fsp3) is 0.915. The van der Waals surface area contributed by atoms with Crippen molar-refractivity contribution in [1.29, 1.82) is 0 Å². The summed E-state index contributed by atoms with van der Waals surface area (Å²) in [6.45, 7) is 2.60. The molecule has 7 N–H and O–H groups in total. The molecule has 0 radical (unpaired) electrons. The molecule has 15 nitrogen and oxygen atoms in total. The molecule has 74 heavy (non-hydrogen) atoms. The molecule has 2 rings (SSSR count). The highest BCUT2D eigenvalue weighted by Gasteiger charge is 2.47. The van der Waals surface area contributed by atoms with Crippen molar-refractivity contribution in [2.24, 2.45) is 0 Å². The zero-order valence-electron chi connectivity index (χ0n) is 46.4. The van der Waals surface area contributed by atoms with Crippen molar-refractivity contribution in [3.05, 3.63) is 17.9 Å². The lowest BCUT2D eigenvalue weighted by atomic mass is 9.98. The van der Waals surface area contributed by atoms with Gasteiger partial charge in [0, 0.05) is 12.8 Å². The molecular formula is C59H108O15. The number of hydrogen-bond donors (Lipinski definition) is 7. The van der Waals surface area contributed by atoms with E-state index in [1.165, 1.54) is 154 Å². The van der Waals surface area contributed by atoms with E-state index in [0.717, 1.165) is 57.8 Å². The summed E-state index contributed by atoms with van der Waals surface area (Å²) < 4.78 is 33.7. The Morgan fingerprint density at radius 1 is 0.446 bits per heavy atom. The van der Waals surface area contributed by atoms with Crippen LogP contribution in [0, 0.1) is 0 Å². The number of rotatable bonds is 48. The van der Waals surface area contributed by atoms with Gasteiger partial charge in [0.1, 0.15) is 55.4 Å². The lowest BCUT2D eigenvalue weighted by molar-refractivity contribution is -0.332. The molecule has 0 aromatic rings. The van der Waals surface area contributed by atoms with Gasteiger partial charge in [0.15, 0.2) is 18.7 Å². The lowest BCUT2D eigenvalue weighted by Crippen LogP contribution is -2.61. The van der Waals surface area contributed by atoms with E-state index >= 15 is 0 Å². The maximum Gasteiger partial charge on any atom is 0.306 e. The number of aliphatic hydroxyl groups is 7. The van der Waals surface area contributed by atoms with Gasteiger partial charge in [0.25, 0.3) is 0 Å². The second kappa shape index (κ2) is 46.0. The molecule has 2 heterocycles. The van der Waals surface area contributed by atoms with Crippen LogP contribution in [0.5, 0.6) is 0 Å². The Hall–Kier alpha value is -1.98. The van der Waals surface area contributed by atoms with Gasteiger partial charge in [0.05, 0.1) is 19.8 Å². The molecule has 0 aliphatic carbocycles. The molecule has 2 saturated heterocycles. The van der Waals surface area contributed by atoms with Gasteiger partial charge in [-0.25, -0.2) is 0 Å². The number of aliphatic hydroxyl groups excluding tert-OH is 7. The number of hydrogen-bond acceptors (Lipinski definition) is 15. The number of unbranched alkanes of at least 4 members (excludes halogenated alkanes) is 32. The minimum atomic E-state index is -1.77. The van der Waals surface area contributed by atoms with Gasteiger partial charge >= 0.3 is 11.9 Å². The van der Waals surface area contributed by atoms with E-state index in [4.69, 9.17) is 28.4 Å². The molecule has 434 valence electrons. The largest absolute Gasteiger partial charge is 0.462 e. The summed E-state index contributed by atoms with van der Waals surface area (Å²) in [4.78, 5) is 25.9. The summed E-state index contributed by atoms with van der Waals surface area (Å²) in [5, 5.41) is 72.3. The van der Waals surface area contributed by atoms with Gasteiger partial charge in [0.2, 0.25) is 0 Å². The second-order valence-corrected chi connectivity index (χ2v) is 21.3. The van der Waals surface area contributed by atoms with Gasteiger partial charge < -0.3 is 64.2 Å². The number of ether oxygens (including phenoxy) is 6. The normalized spacial score (nSPS) is 24.3. The average molecular weight is 1060 g/mol. The molecule has 0 bridgehead atoms. The highest BCUT2D eigenvalue weighted by atomic mass is 16.7. The lowest BCUT2D eigenvalue weighted by Gasteiger charge is -2.42. The standard InChI is InChI=1S/C59H108O15/c1-3-5-7-9-11-13-15-17-19-20-21-22-23-24-25-26-28-30-32-34-36-38-40-42-51(62)72-47(44-69-50(61)41-39-37-35-33-31-29-27-18-16-14-12-10-8-6-4-2)45-70-58-57(68)55(66)53(64)49(74-58)46-71-59-56(67)54(65)52(63)48(43-60)73-59/h16,27,47-49,52-60,63-68H,3-15,17,19-26,28-46H2,1-2H3/t18?,47-,48+,49+,52-,53-,54?,55?,56?,57?,58+,59+/m1/s1. The fourth-order valence-electron chi connectivity index (χ4n) is 9.61. The fourth-order valence-corrected chi connectivity index (χ4v) is 9.61. The summed E-state index contributed by atoms with van der Waals surface area (Å²) in [6, 6.07) is 0. The Bertz CT molecular complexity index is 1390. The SMILES string of the molecule is CCCCCCCC=C=CCCCCCCCC(=O)OC[C@H](CO[C@H]1O[C@@H](CO[C@H]2O[C@@H](CO)[C@@H](O)C(O)C2O)[C@@H](O)C(O)C1O)OC(=O)CCCCCCCCCCCCCCCCCCCCCCCCC. The van der Waals surface area contributed by atoms with Crippen LogP contribution in [0.4, 0.5) is 0 Å². The summed E-state index contributed by atoms with van der Waals surface area (Å²) in [5.74, 6) is -0.932. The predicted molar refractivity (Wildman–Crippen MR) is 288 cm³/mol. The van der Waals surface area contributed by atoms with E-state index in [1.807, 2.05) is 0 Å². The van der Waals surface area contributed by atoms with Crippen LogP contribution in [0.2, 0.25) is 0 Å². The van der Waals surface area contributed by atoms with Crippen molar-refractivity contribution in [3.8, 4) is 0 Å². The average Bonchev–Trinajstić information content (AvgIpc) is 3.39. The van der Waals surface area contributed by atoms with Crippen LogP contribution in [0.25, 0.3) is 0 Å². The van der Waals surface area contributed by atoms with Gasteiger partial charge in [-0.15, -0.1) is 5.73 Å². The van der Waals surface area contributed by atoms with Crippen LogP contribution >= 0.6 is 0 Å². The molecule has 2 aliphatic heterocycles. The zero-order valence-corrected chi connectivity index (χ0v) is 46.4. The van der Waals surface area contributed by atoms with Crippen molar-refractivity contribution in [2.75, 3.05) is 26.4 Å². The van der Waals surface area contributed by atoms with Gasteiger partial charge in [-0.2, -0.15) is 0 Å². The van der Waals surface area contributed by atoms with Gasteiger partial charge in [-0.1, -0.05) is 200 Å². The summed E-state index contributed by atoms with van der Waals surface area (Å²) >= 11 is 0. The maximum absolute atomic E-state index is 13.1. The quantitative estimate of drug-likeness (QED) is 0.0171. The minimum absolute atomic E-state index is 0.166. The highest BCUT2D eigenvalue weighted by molar-refractivity contribution is 5.70. The smallest absolute Gasteiger partial charge is 0.306 e. The monoisotopic (exact) mass is 1060 g/mol. The van der Waals surface area contributed by atoms with E-state index < -0.39 is 92.7 Å². The Labute approximate surface area is 447 Å². The Morgan fingerprint density at radius 2 is 0.811 bits per heavy atom. The third-order valence-corrected chi connectivity index (χ3v) is 14.5. The maximum atomic E-state index is 13.1. The predicted octanol–water partition coefficient (Wildman–Crippen LogP) is 10.3. The molecule has 0 spiro atoms. The van der Waals surface area contributed by atoms with Crippen molar-refractivity contribution in [1.82, 2.24) is 0 Å². The van der Waals surface area contributed by atoms with E-state index in [0.29, 0.717) is 12.8 Å². The summed E-state index contributed by atoms with van der Waals surface area (Å²) in [5.41, 5.74) is 3.30. The first kappa shape index (κ1) is 68.1. The number of esters is 2. The van der Waals surface area contributed by atoms with Crippen LogP contribution < -0.4 is 0 Å². The van der Waals surface area contributed by atoms with Crippen LogP contribution in [0.1, 0.15) is 251 Å². The highest BCUT2D eigenvalue weighted by Crippen LogP contribution is 2.27. The molecule has 0 saturated carbocycles. The van der Waals surface area contributed by atoms with Gasteiger partial charge in [-0.05, 0) is 50.7 Å². The van der Waals surface area contributed by atoms with Crippen LogP contribution in [-0.2, 0) is 38.0 Å². The number of carbonyl (C=O) groups excluding carboxylic acids is 2. The Kier molecular flexibility index (Phi) is 42.3. The first-order valence-electron chi connectivity index (χ1n) is 30.0. The zero-order chi connectivity index (χ0) is 53.9. The van der Waals surface area contributed by atoms with Crippen molar-refractivity contribution < 1.29 is 73.8 Å². The molecular weight excluding hydrogens is 949 g/mol. The Morgan fingerprint density at radius 3 is 1.24 bits per heavy atom.